The van der Waals surface area contributed by atoms with Crippen LogP contribution in [-0.2, 0) is 28.8 Å². The van der Waals surface area contributed by atoms with Crippen LogP contribution in [0.4, 0.5) is 19.5 Å². The van der Waals surface area contributed by atoms with Crippen molar-refractivity contribution < 1.29 is 68.4 Å². The number of amides is 9. The molecule has 28 heteroatoms. The minimum atomic E-state index is -2.11. The Morgan fingerprint density at radius 3 is 2.31 bits per heavy atom. The fraction of sp³-hybridized carbons (Fsp3) is 0.367. The minimum absolute atomic E-state index is 0.0320. The number of urea groups is 3. The van der Waals surface area contributed by atoms with Gasteiger partial charge in [0.1, 0.15) is 17.1 Å². The number of nitrogens with one attached hydrogen (secondary N) is 3. The summed E-state index contributed by atoms with van der Waals surface area (Å²) < 4.78 is 0. The number of imide groups is 1. The molecule has 3 unspecified atom stereocenters. The molecular formula is C30H30ClN11O14S2. The predicted octanol–water partition coefficient (Wildman–Crippen LogP) is -1.43. The van der Waals surface area contributed by atoms with Crippen molar-refractivity contribution in [2.75, 3.05) is 38.5 Å². The quantitative estimate of drug-likeness (QED) is 0.0303. The number of ketones is 1. The van der Waals surface area contributed by atoms with E-state index in [0.717, 1.165) is 38.3 Å². The number of carbonyl (C=O) groups excluding carboxylic acids is 7. The standard InChI is InChI=1S/C30H30ClN11O14S2/c1-29(2,23(49)50)56-37-15(12-9-57-25(32)33-12)19(46)34-16-21(48)39-10-30(24(51)52,58-22(16)39)40-6-8-42(28(40)55)36-26(53)38-5-7-41(27(38)54)35-20(47)17(44)11-3-4-13(43)18(45)14(11)31/h3-4,9,16,22,43,45H,5-8,10H2,1-2H3,(H2,32,33)(H,34,46)(H,35,47)(H,36,53)(H,49,50)(H,51,52)/b37-15-. The van der Waals surface area contributed by atoms with Crippen molar-refractivity contribution in [2.24, 2.45) is 5.16 Å². The first-order chi connectivity index (χ1) is 27.2. The Labute approximate surface area is 337 Å². The van der Waals surface area contributed by atoms with Gasteiger partial charge in [0.15, 0.2) is 22.3 Å². The number of thioether (sulfide) groups is 1. The van der Waals surface area contributed by atoms with Crippen molar-refractivity contribution >= 4 is 99.1 Å². The summed E-state index contributed by atoms with van der Waals surface area (Å²) in [5.41, 5.74) is 6.91. The average Bonchev–Trinajstić information content (AvgIpc) is 3.95. The van der Waals surface area contributed by atoms with Gasteiger partial charge in [0.05, 0.1) is 36.8 Å². The maximum absolute atomic E-state index is 13.6. The Bertz CT molecular complexity index is 2220. The molecule has 2 aromatic rings. The van der Waals surface area contributed by atoms with Crippen LogP contribution in [0.25, 0.3) is 0 Å². The molecule has 0 radical (unpaired) electrons. The van der Waals surface area contributed by atoms with Crippen molar-refractivity contribution in [1.82, 2.24) is 45.9 Å². The zero-order chi connectivity index (χ0) is 42.6. The number of aromatic nitrogens is 1. The third-order valence-corrected chi connectivity index (χ3v) is 11.8. The molecule has 6 rings (SSSR count). The van der Waals surface area contributed by atoms with Crippen molar-refractivity contribution in [2.45, 2.75) is 35.7 Å². The lowest BCUT2D eigenvalue weighted by Gasteiger charge is -2.41. The number of aromatic hydroxyl groups is 2. The highest BCUT2D eigenvalue weighted by Crippen LogP contribution is 2.49. The van der Waals surface area contributed by atoms with E-state index >= 15 is 0 Å². The molecule has 58 heavy (non-hydrogen) atoms. The first-order valence-corrected chi connectivity index (χ1v) is 18.6. The summed E-state index contributed by atoms with van der Waals surface area (Å²) in [6.07, 6.45) is 0. The number of nitrogens with zero attached hydrogens (tertiary/aromatic N) is 7. The molecule has 4 fully saturated rings. The van der Waals surface area contributed by atoms with Crippen molar-refractivity contribution in [3.05, 3.63) is 33.8 Å². The number of halogens is 1. The molecule has 4 saturated heterocycles. The number of carboxylic acid groups (broad SMARTS) is 2. The van der Waals surface area contributed by atoms with E-state index in [4.69, 9.17) is 22.2 Å². The van der Waals surface area contributed by atoms with E-state index in [9.17, 15) is 63.6 Å². The van der Waals surface area contributed by atoms with E-state index in [2.05, 4.69) is 20.9 Å². The van der Waals surface area contributed by atoms with E-state index in [0.29, 0.717) is 21.7 Å². The van der Waals surface area contributed by atoms with Gasteiger partial charge >= 0.3 is 35.9 Å². The van der Waals surface area contributed by atoms with Gasteiger partial charge in [-0.25, -0.2) is 49.3 Å². The highest BCUT2D eigenvalue weighted by atomic mass is 35.5. The Hall–Kier alpha value is -6.61. The van der Waals surface area contributed by atoms with Crippen LogP contribution in [0.1, 0.15) is 29.9 Å². The number of aliphatic carboxylic acids is 2. The van der Waals surface area contributed by atoms with Crippen LogP contribution in [0.2, 0.25) is 5.02 Å². The summed E-state index contributed by atoms with van der Waals surface area (Å²) >= 11 is 7.44. The van der Waals surface area contributed by atoms with Crippen LogP contribution in [0, 0.1) is 0 Å². The number of rotatable bonds is 12. The van der Waals surface area contributed by atoms with Gasteiger partial charge in [-0.2, -0.15) is 0 Å². The van der Waals surface area contributed by atoms with Crippen LogP contribution in [0.3, 0.4) is 0 Å². The number of carbonyl (C=O) groups is 9. The summed E-state index contributed by atoms with van der Waals surface area (Å²) in [6, 6.07) is -2.76. The number of β-lactam (4-membered cyclic amide) rings is 1. The average molecular weight is 868 g/mol. The zero-order valence-electron chi connectivity index (χ0n) is 29.7. The molecule has 1 aromatic heterocycles. The lowest BCUT2D eigenvalue weighted by atomic mass is 10.1. The molecule has 9 N–H and O–H groups in total. The predicted molar refractivity (Wildman–Crippen MR) is 195 cm³/mol. The maximum atomic E-state index is 13.6. The summed E-state index contributed by atoms with van der Waals surface area (Å²) in [5.74, 6) is -8.86. The topological polar surface area (TPSA) is 347 Å². The van der Waals surface area contributed by atoms with Gasteiger partial charge < -0.3 is 41.2 Å². The third kappa shape index (κ3) is 7.13. The minimum Gasteiger partial charge on any atom is -0.504 e. The molecule has 4 aliphatic heterocycles. The molecule has 0 bridgehead atoms. The Kier molecular flexibility index (Phi) is 10.6. The summed E-state index contributed by atoms with van der Waals surface area (Å²) in [6.45, 7) is 0.616. The number of hydrazine groups is 2. The third-order valence-electron chi connectivity index (χ3n) is 9.03. The number of Topliss-reactive ketones (excluding diaryl/α,β-unsaturated/α-hetero) is 1. The van der Waals surface area contributed by atoms with Crippen LogP contribution in [-0.4, -0.2) is 164 Å². The first kappa shape index (κ1) is 41.0. The number of nitrogens with two attached hydrogens (primary N) is 1. The smallest absolute Gasteiger partial charge is 0.350 e. The fourth-order valence-electron chi connectivity index (χ4n) is 5.82. The van der Waals surface area contributed by atoms with Gasteiger partial charge in [-0.3, -0.25) is 29.5 Å². The second-order valence-corrected chi connectivity index (χ2v) is 15.7. The van der Waals surface area contributed by atoms with Gasteiger partial charge in [-0.1, -0.05) is 28.5 Å². The SMILES string of the molecule is CC(C)(O/N=C(\C(=O)NC1C(=O)N2CC(C(=O)O)(N3CCN(NC(=O)N4CCN(NC(=O)C(=O)c5ccc(O)c(O)c5Cl)C4=O)C3=O)SC12)c1csc(N)n1)C(=O)O. The van der Waals surface area contributed by atoms with E-state index < -0.39 is 110 Å². The van der Waals surface area contributed by atoms with Gasteiger partial charge in [0.2, 0.25) is 16.4 Å². The van der Waals surface area contributed by atoms with Crippen molar-refractivity contribution in [3.63, 3.8) is 0 Å². The van der Waals surface area contributed by atoms with E-state index in [-0.39, 0.29) is 37.0 Å². The van der Waals surface area contributed by atoms with Crippen LogP contribution in [0.15, 0.2) is 22.7 Å². The van der Waals surface area contributed by atoms with Gasteiger partial charge in [0, 0.05) is 11.9 Å². The summed E-state index contributed by atoms with van der Waals surface area (Å²) in [5, 5.41) is 46.3. The normalized spacial score (nSPS) is 21.8. The number of nitrogen functional groups attached to an aromatic ring is 1. The van der Waals surface area contributed by atoms with E-state index in [1.165, 1.54) is 19.2 Å². The molecule has 0 saturated carbocycles. The number of oxime groups is 1. The first-order valence-electron chi connectivity index (χ1n) is 16.5. The van der Waals surface area contributed by atoms with Crippen LogP contribution in [0.5, 0.6) is 11.5 Å². The second-order valence-electron chi connectivity index (χ2n) is 13.1. The number of benzene rings is 1. The molecule has 4 aliphatic rings. The Balaban J connectivity index is 1.09. The number of hydrogen-bond acceptors (Lipinski definition) is 17. The Morgan fingerprint density at radius 2 is 1.67 bits per heavy atom. The molecule has 0 spiro atoms. The monoisotopic (exact) mass is 867 g/mol. The highest BCUT2D eigenvalue weighted by molar-refractivity contribution is 8.02. The van der Waals surface area contributed by atoms with Crippen molar-refractivity contribution in [1.29, 1.82) is 0 Å². The summed E-state index contributed by atoms with van der Waals surface area (Å²) in [4.78, 5) is 125. The number of hydrogen-bond donors (Lipinski definition) is 8. The number of anilines is 1. The fourth-order valence-corrected chi connectivity index (χ4v) is 8.25. The number of phenols is 2. The number of fused-ring (bicyclic) bond motifs is 1. The number of carboxylic acids is 2. The number of phenolic OH excluding ortho intramolecular Hbond substituents is 2. The highest BCUT2D eigenvalue weighted by Gasteiger charge is 2.66. The zero-order valence-corrected chi connectivity index (χ0v) is 32.1. The van der Waals surface area contributed by atoms with Crippen LogP contribution >= 0.6 is 34.7 Å². The molecule has 1 aromatic carbocycles. The maximum Gasteiger partial charge on any atom is 0.350 e. The second kappa shape index (κ2) is 15.0. The van der Waals surface area contributed by atoms with Crippen LogP contribution < -0.4 is 21.9 Å². The lowest BCUT2D eigenvalue weighted by Crippen LogP contribution is -2.68. The molecule has 3 atom stereocenters. The van der Waals surface area contributed by atoms with Crippen molar-refractivity contribution in [3.8, 4) is 11.5 Å². The molecule has 25 nitrogen and oxygen atoms in total. The molecule has 9 amide bonds. The number of thiazole rings is 1. The summed E-state index contributed by atoms with van der Waals surface area (Å²) in [7, 11) is 0. The molecular weight excluding hydrogens is 838 g/mol. The van der Waals surface area contributed by atoms with Gasteiger partial charge in [0.25, 0.3) is 11.7 Å². The van der Waals surface area contributed by atoms with E-state index in [1.54, 1.807) is 0 Å². The van der Waals surface area contributed by atoms with Gasteiger partial charge in [-0.15, -0.1) is 11.3 Å². The lowest BCUT2D eigenvalue weighted by molar-refractivity contribution is -0.161. The molecule has 0 aliphatic carbocycles. The van der Waals surface area contributed by atoms with Gasteiger partial charge in [-0.05, 0) is 26.0 Å². The largest absolute Gasteiger partial charge is 0.504 e. The Morgan fingerprint density at radius 1 is 1.00 bits per heavy atom. The molecule has 308 valence electrons. The van der Waals surface area contributed by atoms with E-state index in [1.807, 2.05) is 5.43 Å². The molecule has 5 heterocycles.